The topological polar surface area (TPSA) is 27.4 Å². The summed E-state index contributed by atoms with van der Waals surface area (Å²) >= 11 is 0. The first kappa shape index (κ1) is 7.62. The second kappa shape index (κ2) is 3.62. The van der Waals surface area contributed by atoms with Gasteiger partial charge in [-0.15, -0.1) is 0 Å². The average molecular weight is 147 g/mol. The van der Waals surface area contributed by atoms with Crippen molar-refractivity contribution in [1.82, 2.24) is 0 Å². The number of hydrogen-bond acceptors (Lipinski definition) is 1. The van der Waals surface area contributed by atoms with Crippen LogP contribution in [0.25, 0.3) is 5.01 Å². The Morgan fingerprint density at radius 3 is 2.45 bits per heavy atom. The van der Waals surface area contributed by atoms with Crippen molar-refractivity contribution in [2.45, 2.75) is 13.3 Å². The summed E-state index contributed by atoms with van der Waals surface area (Å²) in [5.41, 5.74) is 1.98. The lowest BCUT2D eigenvalue weighted by Gasteiger charge is -1.91. The summed E-state index contributed by atoms with van der Waals surface area (Å²) < 4.78 is 0. The summed E-state index contributed by atoms with van der Waals surface area (Å²) in [7, 11) is 0. The average Bonchev–Trinajstić information content (AvgIpc) is 2.07. The molecule has 1 aromatic rings. The Bertz CT molecular complexity index is 279. The van der Waals surface area contributed by atoms with E-state index >= 15 is 0 Å². The minimum atomic E-state index is 0.734. The summed E-state index contributed by atoms with van der Waals surface area (Å²) in [6.07, 6.45) is 1.01. The van der Waals surface area contributed by atoms with E-state index in [0.29, 0.717) is 0 Å². The Morgan fingerprint density at radius 1 is 1.36 bits per heavy atom. The minimum absolute atomic E-state index is 0.734. The van der Waals surface area contributed by atoms with Crippen LogP contribution in [0, 0.1) is 11.3 Å². The van der Waals surface area contributed by atoms with Crippen molar-refractivity contribution in [3.05, 3.63) is 45.6 Å². The van der Waals surface area contributed by atoms with E-state index in [9.17, 15) is 5.21 Å². The summed E-state index contributed by atoms with van der Waals surface area (Å²) in [4.78, 5) is 0. The van der Waals surface area contributed by atoms with Gasteiger partial charge < -0.3 is 5.21 Å². The second-order valence-electron chi connectivity index (χ2n) is 2.25. The maximum atomic E-state index is 9.77. The number of benzene rings is 1. The third kappa shape index (κ3) is 1.98. The zero-order chi connectivity index (χ0) is 8.10. The Hall–Kier alpha value is -1.49. The molecule has 0 saturated carbocycles. The molecular formula is C9H9NO. The molecule has 0 aliphatic heterocycles. The van der Waals surface area contributed by atoms with E-state index in [0.717, 1.165) is 12.0 Å². The van der Waals surface area contributed by atoms with Gasteiger partial charge in [0.25, 0.3) is 0 Å². The lowest BCUT2D eigenvalue weighted by molar-refractivity contribution is 1.14. The van der Waals surface area contributed by atoms with E-state index in [1.165, 1.54) is 5.56 Å². The van der Waals surface area contributed by atoms with Crippen LogP contribution < -0.4 is 0 Å². The highest BCUT2D eigenvalue weighted by molar-refractivity contribution is 5.33. The Morgan fingerprint density at radius 2 is 2.00 bits per heavy atom. The van der Waals surface area contributed by atoms with Gasteiger partial charge in [-0.25, -0.2) is 0 Å². The fraction of sp³-hybridized carbons (Fsp3) is 0.222. The van der Waals surface area contributed by atoms with Crippen molar-refractivity contribution in [2.24, 2.45) is 0 Å². The first-order valence-electron chi connectivity index (χ1n) is 3.54. The standard InChI is InChI=1S/C9H9NO/c1-2-8-3-5-9(6-4-8)7-10-11/h3-6H,2H2,1H3. The highest BCUT2D eigenvalue weighted by Gasteiger charge is 1.92. The largest absolute Gasteiger partial charge is 0.498 e. The normalized spacial score (nSPS) is 8.45. The monoisotopic (exact) mass is 147 g/mol. The first-order chi connectivity index (χ1) is 5.36. The maximum absolute atomic E-state index is 9.77. The molecule has 0 amide bonds. The highest BCUT2D eigenvalue weighted by Crippen LogP contribution is 2.03. The quantitative estimate of drug-likeness (QED) is 0.560. The van der Waals surface area contributed by atoms with Crippen LogP contribution in [0.15, 0.2) is 24.3 Å². The molecule has 0 fully saturated rings. The smallest absolute Gasteiger partial charge is 0.336 e. The van der Waals surface area contributed by atoms with E-state index in [1.807, 2.05) is 24.3 Å². The molecule has 0 bridgehead atoms. The third-order valence-electron chi connectivity index (χ3n) is 1.54. The predicted octanol–water partition coefficient (Wildman–Crippen LogP) is 2.43. The summed E-state index contributed by atoms with van der Waals surface area (Å²) in [5.74, 6) is 0. The number of nitrogens with zero attached hydrogens (tertiary/aromatic N) is 1. The molecule has 0 aliphatic carbocycles. The van der Waals surface area contributed by atoms with Crippen LogP contribution in [0.2, 0.25) is 0 Å². The van der Waals surface area contributed by atoms with Crippen LogP contribution in [-0.4, -0.2) is 0 Å². The predicted molar refractivity (Wildman–Crippen MR) is 45.5 cm³/mol. The van der Waals surface area contributed by atoms with Gasteiger partial charge in [0.15, 0.2) is 0 Å². The first-order valence-corrected chi connectivity index (χ1v) is 3.54. The molecular weight excluding hydrogens is 138 g/mol. The molecule has 11 heavy (non-hydrogen) atoms. The molecule has 0 heterocycles. The third-order valence-corrected chi connectivity index (χ3v) is 1.54. The molecule has 0 radical (unpaired) electrons. The maximum Gasteiger partial charge on any atom is 0.336 e. The van der Waals surface area contributed by atoms with Gasteiger partial charge in [-0.05, 0) is 24.1 Å². The lowest BCUT2D eigenvalue weighted by atomic mass is 10.1. The molecule has 1 aromatic carbocycles. The molecule has 2 heteroatoms. The Labute approximate surface area is 65.9 Å². The zero-order valence-corrected chi connectivity index (χ0v) is 6.37. The lowest BCUT2D eigenvalue weighted by Crippen LogP contribution is -1.79. The van der Waals surface area contributed by atoms with Crippen molar-refractivity contribution >= 4 is 0 Å². The van der Waals surface area contributed by atoms with Gasteiger partial charge in [-0.1, -0.05) is 19.1 Å². The van der Waals surface area contributed by atoms with Crippen molar-refractivity contribution in [3.63, 3.8) is 0 Å². The van der Waals surface area contributed by atoms with E-state index in [4.69, 9.17) is 0 Å². The second-order valence-corrected chi connectivity index (χ2v) is 2.25. The Balaban J connectivity index is 2.88. The van der Waals surface area contributed by atoms with Gasteiger partial charge in [0.1, 0.15) is 5.56 Å². The van der Waals surface area contributed by atoms with Gasteiger partial charge in [-0.2, -0.15) is 0 Å². The fourth-order valence-electron chi connectivity index (χ4n) is 0.868. The van der Waals surface area contributed by atoms with Crippen LogP contribution >= 0.6 is 0 Å². The van der Waals surface area contributed by atoms with E-state index < -0.39 is 0 Å². The molecule has 0 spiro atoms. The molecule has 0 aromatic heterocycles. The van der Waals surface area contributed by atoms with Gasteiger partial charge in [0.05, 0.1) is 0 Å². The van der Waals surface area contributed by atoms with Crippen LogP contribution in [0.5, 0.6) is 0 Å². The Kier molecular flexibility index (Phi) is 2.51. The van der Waals surface area contributed by atoms with Gasteiger partial charge in [-0.3, -0.25) is 0 Å². The molecule has 1 rings (SSSR count). The van der Waals surface area contributed by atoms with E-state index in [-0.39, 0.29) is 0 Å². The van der Waals surface area contributed by atoms with Gasteiger partial charge in [0, 0.05) is 5.01 Å². The summed E-state index contributed by atoms with van der Waals surface area (Å²) in [6.45, 7) is 2.08. The van der Waals surface area contributed by atoms with Gasteiger partial charge in [0.2, 0.25) is 0 Å². The van der Waals surface area contributed by atoms with Crippen molar-refractivity contribution in [1.29, 1.82) is 0 Å². The van der Waals surface area contributed by atoms with Crippen molar-refractivity contribution < 1.29 is 0 Å². The fourth-order valence-corrected chi connectivity index (χ4v) is 0.868. The molecule has 0 saturated heterocycles. The number of rotatable bonds is 1. The van der Waals surface area contributed by atoms with E-state index in [1.54, 1.807) is 0 Å². The number of aryl methyl sites for hydroxylation is 1. The molecule has 0 N–H and O–H groups in total. The van der Waals surface area contributed by atoms with Gasteiger partial charge >= 0.3 is 6.07 Å². The molecule has 0 aliphatic rings. The summed E-state index contributed by atoms with van der Waals surface area (Å²) in [6, 6.07) is 9.93. The van der Waals surface area contributed by atoms with Crippen LogP contribution in [-0.2, 0) is 6.42 Å². The van der Waals surface area contributed by atoms with Crippen LogP contribution in [0.1, 0.15) is 18.1 Å². The molecule has 0 unspecified atom stereocenters. The minimum Gasteiger partial charge on any atom is -0.498 e. The zero-order valence-electron chi connectivity index (χ0n) is 6.37. The number of hydrogen-bond donors (Lipinski definition) is 0. The van der Waals surface area contributed by atoms with Crippen LogP contribution in [0.4, 0.5) is 0 Å². The molecule has 2 nitrogen and oxygen atoms in total. The SMILES string of the molecule is CCc1ccc(C#[N+][O-])cc1. The van der Waals surface area contributed by atoms with Crippen LogP contribution in [0.3, 0.4) is 0 Å². The van der Waals surface area contributed by atoms with E-state index in [2.05, 4.69) is 18.0 Å². The molecule has 0 atom stereocenters. The molecule has 56 valence electrons. The summed E-state index contributed by atoms with van der Waals surface area (Å²) in [5, 5.41) is 12.3. The highest BCUT2D eigenvalue weighted by atomic mass is 16.4. The van der Waals surface area contributed by atoms with Crippen molar-refractivity contribution in [3.8, 4) is 6.07 Å². The van der Waals surface area contributed by atoms with Crippen molar-refractivity contribution in [2.75, 3.05) is 0 Å².